The first-order chi connectivity index (χ1) is 12.9. The molecule has 10 nitrogen and oxygen atoms in total. The number of fused-ring (bicyclic) bond motifs is 1. The van der Waals surface area contributed by atoms with E-state index in [1.165, 1.54) is 23.5 Å². The van der Waals surface area contributed by atoms with Gasteiger partial charge in [0.15, 0.2) is 11.2 Å². The lowest BCUT2D eigenvalue weighted by Gasteiger charge is -2.06. The fourth-order valence-electron chi connectivity index (χ4n) is 2.56. The first-order valence-corrected chi connectivity index (χ1v) is 9.96. The Kier molecular flexibility index (Phi) is 4.22. The van der Waals surface area contributed by atoms with E-state index in [1.54, 1.807) is 16.8 Å². The van der Waals surface area contributed by atoms with Gasteiger partial charge in [-0.3, -0.25) is 9.27 Å². The summed E-state index contributed by atoms with van der Waals surface area (Å²) in [6.45, 7) is 0.350. The van der Waals surface area contributed by atoms with Crippen molar-refractivity contribution >= 4 is 44.4 Å². The number of aromatic nitrogens is 5. The second-order valence-electron chi connectivity index (χ2n) is 5.60. The molecule has 3 aromatic heterocycles. The van der Waals surface area contributed by atoms with Gasteiger partial charge in [-0.05, 0) is 29.1 Å². The Morgan fingerprint density at radius 1 is 1.19 bits per heavy atom. The van der Waals surface area contributed by atoms with Gasteiger partial charge < -0.3 is 5.73 Å². The van der Waals surface area contributed by atoms with Crippen molar-refractivity contribution in [2.24, 2.45) is 0 Å². The minimum absolute atomic E-state index is 0.127. The number of thiophene rings is 1. The first kappa shape index (κ1) is 17.3. The summed E-state index contributed by atoms with van der Waals surface area (Å²) in [7, 11) is -4.31. The van der Waals surface area contributed by atoms with Gasteiger partial charge in [0.25, 0.3) is 0 Å². The van der Waals surface area contributed by atoms with E-state index in [1.807, 2.05) is 22.2 Å². The third-order valence-corrected chi connectivity index (χ3v) is 5.04. The normalized spacial score (nSPS) is 11.7. The van der Waals surface area contributed by atoms with E-state index in [0.717, 1.165) is 10.4 Å². The molecule has 4 rings (SSSR count). The molecular weight excluding hydrogens is 390 g/mol. The largest absolute Gasteiger partial charge is 0.368 e. The summed E-state index contributed by atoms with van der Waals surface area (Å²) in [5, 5.41) is 10.3. The molecule has 3 heterocycles. The molecular formula is C15H13N7O3S2. The Morgan fingerprint density at radius 3 is 2.63 bits per heavy atom. The number of hydrogen-bond acceptors (Lipinski definition) is 8. The van der Waals surface area contributed by atoms with Crippen molar-refractivity contribution in [3.05, 3.63) is 47.3 Å². The van der Waals surface area contributed by atoms with Gasteiger partial charge in [0.2, 0.25) is 5.95 Å². The highest BCUT2D eigenvalue weighted by molar-refractivity contribution is 7.87. The van der Waals surface area contributed by atoms with Crippen LogP contribution in [-0.2, 0) is 16.8 Å². The number of nitrogens with two attached hydrogens (primary N) is 1. The third-order valence-electron chi connectivity index (χ3n) is 3.67. The molecule has 27 heavy (non-hydrogen) atoms. The van der Waals surface area contributed by atoms with Crippen molar-refractivity contribution < 1.29 is 13.0 Å². The van der Waals surface area contributed by atoms with Crippen LogP contribution in [0.1, 0.15) is 5.56 Å². The SMILES string of the molecule is Nc1nc(-c2cccs2)c2nnn(Cc3ccc(NS(=O)(=O)O)cc3)c2n1. The van der Waals surface area contributed by atoms with Crippen molar-refractivity contribution in [1.82, 2.24) is 25.0 Å². The molecule has 0 amide bonds. The van der Waals surface area contributed by atoms with Gasteiger partial charge >= 0.3 is 10.3 Å². The minimum atomic E-state index is -4.31. The van der Waals surface area contributed by atoms with Crippen LogP contribution in [0.2, 0.25) is 0 Å². The minimum Gasteiger partial charge on any atom is -0.368 e. The zero-order valence-electron chi connectivity index (χ0n) is 13.6. The molecule has 4 N–H and O–H groups in total. The van der Waals surface area contributed by atoms with Crippen LogP contribution in [0.25, 0.3) is 21.7 Å². The molecule has 0 atom stereocenters. The molecule has 0 aliphatic heterocycles. The first-order valence-electron chi connectivity index (χ1n) is 7.64. The van der Waals surface area contributed by atoms with Crippen LogP contribution < -0.4 is 10.5 Å². The predicted molar refractivity (Wildman–Crippen MR) is 102 cm³/mol. The number of nitrogens with zero attached hydrogens (tertiary/aromatic N) is 5. The van der Waals surface area contributed by atoms with E-state index in [4.69, 9.17) is 10.3 Å². The molecule has 138 valence electrons. The van der Waals surface area contributed by atoms with Crippen LogP contribution in [0.5, 0.6) is 0 Å². The summed E-state index contributed by atoms with van der Waals surface area (Å²) >= 11 is 1.52. The van der Waals surface area contributed by atoms with Crippen LogP contribution >= 0.6 is 11.3 Å². The summed E-state index contributed by atoms with van der Waals surface area (Å²) < 4.78 is 34.1. The van der Waals surface area contributed by atoms with E-state index in [0.29, 0.717) is 23.4 Å². The molecule has 0 saturated carbocycles. The molecule has 0 spiro atoms. The Balaban J connectivity index is 1.67. The topological polar surface area (TPSA) is 149 Å². The summed E-state index contributed by atoms with van der Waals surface area (Å²) in [5.41, 5.74) is 8.62. The molecule has 0 radical (unpaired) electrons. The van der Waals surface area contributed by atoms with E-state index in [9.17, 15) is 8.42 Å². The third kappa shape index (κ3) is 3.72. The number of nitrogens with one attached hydrogen (secondary N) is 1. The molecule has 0 aliphatic carbocycles. The van der Waals surface area contributed by atoms with Crippen molar-refractivity contribution in [2.45, 2.75) is 6.54 Å². The highest BCUT2D eigenvalue weighted by atomic mass is 32.2. The van der Waals surface area contributed by atoms with E-state index >= 15 is 0 Å². The zero-order valence-corrected chi connectivity index (χ0v) is 15.3. The standard InChI is InChI=1S/C15H13N7O3S2/c16-15-17-12(11-2-1-7-26-11)13-14(18-15)22(21-19-13)8-9-3-5-10(6-4-9)20-27(23,24)25/h1-7,20H,8H2,(H2,16,17,18)(H,23,24,25). The van der Waals surface area contributed by atoms with Gasteiger partial charge in [0.05, 0.1) is 17.1 Å². The van der Waals surface area contributed by atoms with Crippen LogP contribution in [0.4, 0.5) is 11.6 Å². The predicted octanol–water partition coefficient (Wildman–Crippen LogP) is 1.79. The van der Waals surface area contributed by atoms with Gasteiger partial charge in [-0.1, -0.05) is 23.4 Å². The molecule has 0 unspecified atom stereocenters. The molecule has 4 aromatic rings. The van der Waals surface area contributed by atoms with Gasteiger partial charge in [-0.15, -0.1) is 16.4 Å². The van der Waals surface area contributed by atoms with E-state index in [2.05, 4.69) is 20.3 Å². The van der Waals surface area contributed by atoms with Crippen molar-refractivity contribution in [2.75, 3.05) is 10.5 Å². The van der Waals surface area contributed by atoms with E-state index in [-0.39, 0.29) is 11.6 Å². The number of hydrogen-bond donors (Lipinski definition) is 3. The lowest BCUT2D eigenvalue weighted by atomic mass is 10.2. The highest BCUT2D eigenvalue weighted by Crippen LogP contribution is 2.28. The fourth-order valence-corrected chi connectivity index (χ4v) is 3.71. The average molecular weight is 403 g/mol. The molecule has 0 saturated heterocycles. The van der Waals surface area contributed by atoms with Gasteiger partial charge in [-0.2, -0.15) is 13.4 Å². The summed E-state index contributed by atoms with van der Waals surface area (Å²) in [4.78, 5) is 9.45. The Labute approximate surface area is 157 Å². The molecule has 1 aromatic carbocycles. The summed E-state index contributed by atoms with van der Waals surface area (Å²) in [5.74, 6) is 0.127. The van der Waals surface area contributed by atoms with Gasteiger partial charge in [0, 0.05) is 0 Å². The van der Waals surface area contributed by atoms with Crippen LogP contribution in [-0.4, -0.2) is 37.9 Å². The van der Waals surface area contributed by atoms with Crippen molar-refractivity contribution in [3.8, 4) is 10.6 Å². The zero-order chi connectivity index (χ0) is 19.0. The maximum atomic E-state index is 10.8. The van der Waals surface area contributed by atoms with Crippen molar-refractivity contribution in [1.29, 1.82) is 0 Å². The molecule has 12 heteroatoms. The number of rotatable bonds is 5. The highest BCUT2D eigenvalue weighted by Gasteiger charge is 2.16. The lowest BCUT2D eigenvalue weighted by molar-refractivity contribution is 0.489. The molecule has 0 fully saturated rings. The van der Waals surface area contributed by atoms with Gasteiger partial charge in [0.1, 0.15) is 5.69 Å². The Morgan fingerprint density at radius 2 is 1.96 bits per heavy atom. The summed E-state index contributed by atoms with van der Waals surface area (Å²) in [6, 6.07) is 10.3. The molecule has 0 aliphatic rings. The molecule has 0 bridgehead atoms. The quantitative estimate of drug-likeness (QED) is 0.427. The smallest absolute Gasteiger partial charge is 0.357 e. The number of benzene rings is 1. The van der Waals surface area contributed by atoms with Crippen molar-refractivity contribution in [3.63, 3.8) is 0 Å². The van der Waals surface area contributed by atoms with Crippen LogP contribution in [0, 0.1) is 0 Å². The average Bonchev–Trinajstić information content (AvgIpc) is 3.25. The summed E-state index contributed by atoms with van der Waals surface area (Å²) in [6.07, 6.45) is 0. The number of anilines is 2. The number of nitrogen functional groups attached to an aromatic ring is 1. The van der Waals surface area contributed by atoms with Crippen LogP contribution in [0.15, 0.2) is 41.8 Å². The second kappa shape index (κ2) is 6.57. The maximum Gasteiger partial charge on any atom is 0.357 e. The second-order valence-corrected chi connectivity index (χ2v) is 7.70. The fraction of sp³-hybridized carbons (Fsp3) is 0.0667. The Hall–Kier alpha value is -3.09. The Bertz CT molecular complexity index is 1200. The lowest BCUT2D eigenvalue weighted by Crippen LogP contribution is -2.10. The van der Waals surface area contributed by atoms with Crippen LogP contribution in [0.3, 0.4) is 0 Å². The maximum absolute atomic E-state index is 10.8. The van der Waals surface area contributed by atoms with E-state index < -0.39 is 10.3 Å². The van der Waals surface area contributed by atoms with Gasteiger partial charge in [-0.25, -0.2) is 9.67 Å². The monoisotopic (exact) mass is 403 g/mol.